The van der Waals surface area contributed by atoms with Gasteiger partial charge in [-0.2, -0.15) is 5.10 Å². The Bertz CT molecular complexity index is 557. The van der Waals surface area contributed by atoms with Gasteiger partial charge in [0.25, 0.3) is 0 Å². The minimum atomic E-state index is -0.644. The highest BCUT2D eigenvalue weighted by Crippen LogP contribution is 2.26. The van der Waals surface area contributed by atoms with E-state index in [9.17, 15) is 8.78 Å². The van der Waals surface area contributed by atoms with Crippen LogP contribution < -0.4 is 11.1 Å². The number of rotatable bonds is 3. The molecule has 0 atom stereocenters. The molecule has 0 fully saturated rings. The second-order valence-corrected chi connectivity index (χ2v) is 3.97. The van der Waals surface area contributed by atoms with Crippen LogP contribution in [0.1, 0.15) is 12.6 Å². The average molecular weight is 252 g/mol. The van der Waals surface area contributed by atoms with E-state index < -0.39 is 11.6 Å². The topological polar surface area (TPSA) is 55.9 Å². The Morgan fingerprint density at radius 2 is 1.89 bits per heavy atom. The van der Waals surface area contributed by atoms with Gasteiger partial charge in [-0.1, -0.05) is 6.92 Å². The summed E-state index contributed by atoms with van der Waals surface area (Å²) in [4.78, 5) is 0. The monoisotopic (exact) mass is 252 g/mol. The van der Waals surface area contributed by atoms with Crippen molar-refractivity contribution in [3.05, 3.63) is 35.5 Å². The number of nitrogens with zero attached hydrogens (tertiary/aromatic N) is 2. The van der Waals surface area contributed by atoms with Gasteiger partial charge in [0.15, 0.2) is 5.82 Å². The summed E-state index contributed by atoms with van der Waals surface area (Å²) in [6, 6.07) is 3.21. The van der Waals surface area contributed by atoms with Crippen molar-refractivity contribution >= 4 is 17.2 Å². The number of hydrogen-bond donors (Lipinski definition) is 2. The van der Waals surface area contributed by atoms with Crippen molar-refractivity contribution in [1.82, 2.24) is 9.78 Å². The van der Waals surface area contributed by atoms with E-state index in [-0.39, 0.29) is 0 Å². The van der Waals surface area contributed by atoms with Gasteiger partial charge in [-0.15, -0.1) is 0 Å². The van der Waals surface area contributed by atoms with Crippen molar-refractivity contribution in [2.24, 2.45) is 7.05 Å². The summed E-state index contributed by atoms with van der Waals surface area (Å²) < 4.78 is 27.7. The highest BCUT2D eigenvalue weighted by molar-refractivity contribution is 5.71. The summed E-state index contributed by atoms with van der Waals surface area (Å²) in [5, 5.41) is 7.08. The maximum absolute atomic E-state index is 13.1. The minimum Gasteiger partial charge on any atom is -0.394 e. The quantitative estimate of drug-likeness (QED) is 0.882. The van der Waals surface area contributed by atoms with Gasteiger partial charge in [0, 0.05) is 18.8 Å². The molecule has 3 N–H and O–H groups in total. The second kappa shape index (κ2) is 4.64. The number of nitrogens with two attached hydrogens (primary N) is 1. The molecule has 2 rings (SSSR count). The molecule has 1 aromatic carbocycles. The van der Waals surface area contributed by atoms with E-state index in [1.807, 2.05) is 6.92 Å². The highest BCUT2D eigenvalue weighted by atomic mass is 19.1. The molecule has 0 aliphatic carbocycles. The predicted molar refractivity (Wildman–Crippen MR) is 66.6 cm³/mol. The zero-order valence-corrected chi connectivity index (χ0v) is 10.2. The number of aromatic nitrogens is 2. The SMILES string of the molecule is CCc1nn(C)c(Nc2cc(F)cc(F)c2)c1N. The number of anilines is 3. The molecule has 6 heteroatoms. The van der Waals surface area contributed by atoms with Crippen molar-refractivity contribution in [2.45, 2.75) is 13.3 Å². The minimum absolute atomic E-state index is 0.296. The molecule has 0 unspecified atom stereocenters. The number of halogens is 2. The first-order chi connectivity index (χ1) is 8.51. The van der Waals surface area contributed by atoms with E-state index in [0.717, 1.165) is 11.8 Å². The normalized spacial score (nSPS) is 10.7. The Morgan fingerprint density at radius 3 is 2.39 bits per heavy atom. The number of benzene rings is 1. The van der Waals surface area contributed by atoms with Crippen LogP contribution in [-0.2, 0) is 13.5 Å². The molecule has 0 saturated heterocycles. The fourth-order valence-corrected chi connectivity index (χ4v) is 1.77. The number of hydrogen-bond acceptors (Lipinski definition) is 3. The lowest BCUT2D eigenvalue weighted by Gasteiger charge is -2.08. The maximum atomic E-state index is 13.1. The van der Waals surface area contributed by atoms with Crippen LogP contribution in [0.25, 0.3) is 0 Å². The van der Waals surface area contributed by atoms with Gasteiger partial charge in [-0.05, 0) is 18.6 Å². The van der Waals surface area contributed by atoms with Crippen LogP contribution in [-0.4, -0.2) is 9.78 Å². The van der Waals surface area contributed by atoms with Crippen LogP contribution in [0.15, 0.2) is 18.2 Å². The molecule has 1 heterocycles. The first-order valence-electron chi connectivity index (χ1n) is 5.55. The van der Waals surface area contributed by atoms with Crippen molar-refractivity contribution in [3.63, 3.8) is 0 Å². The molecule has 18 heavy (non-hydrogen) atoms. The first-order valence-corrected chi connectivity index (χ1v) is 5.55. The third kappa shape index (κ3) is 2.27. The summed E-state index contributed by atoms with van der Waals surface area (Å²) in [5.41, 5.74) is 7.44. The van der Waals surface area contributed by atoms with Gasteiger partial charge in [-0.3, -0.25) is 4.68 Å². The molecule has 4 nitrogen and oxygen atoms in total. The van der Waals surface area contributed by atoms with E-state index in [2.05, 4.69) is 10.4 Å². The molecule has 1 aromatic heterocycles. The van der Waals surface area contributed by atoms with Crippen molar-refractivity contribution in [2.75, 3.05) is 11.1 Å². The van der Waals surface area contributed by atoms with Crippen molar-refractivity contribution < 1.29 is 8.78 Å². The van der Waals surface area contributed by atoms with E-state index in [0.29, 0.717) is 23.6 Å². The lowest BCUT2D eigenvalue weighted by molar-refractivity contribution is 0.584. The molecule has 0 aliphatic rings. The van der Waals surface area contributed by atoms with E-state index in [4.69, 9.17) is 5.73 Å². The summed E-state index contributed by atoms with van der Waals surface area (Å²) >= 11 is 0. The zero-order valence-electron chi connectivity index (χ0n) is 10.2. The van der Waals surface area contributed by atoms with Crippen LogP contribution in [0.2, 0.25) is 0 Å². The lowest BCUT2D eigenvalue weighted by atomic mass is 10.2. The molecular weight excluding hydrogens is 238 g/mol. The predicted octanol–water partition coefficient (Wildman–Crippen LogP) is 2.59. The fraction of sp³-hybridized carbons (Fsp3) is 0.250. The third-order valence-electron chi connectivity index (χ3n) is 2.62. The third-order valence-corrected chi connectivity index (χ3v) is 2.62. The Labute approximate surface area is 103 Å². The summed E-state index contributed by atoms with van der Waals surface area (Å²) in [6.07, 6.45) is 0.693. The molecule has 0 bridgehead atoms. The smallest absolute Gasteiger partial charge is 0.152 e. The molecule has 0 saturated carbocycles. The molecule has 2 aromatic rings. The van der Waals surface area contributed by atoms with Crippen molar-refractivity contribution in [1.29, 1.82) is 0 Å². The summed E-state index contributed by atoms with van der Waals surface area (Å²) in [5.74, 6) is -0.764. The second-order valence-electron chi connectivity index (χ2n) is 3.97. The van der Waals surface area contributed by atoms with Gasteiger partial charge in [0.1, 0.15) is 11.6 Å². The van der Waals surface area contributed by atoms with Gasteiger partial charge in [0.2, 0.25) is 0 Å². The highest BCUT2D eigenvalue weighted by Gasteiger charge is 2.12. The number of aryl methyl sites for hydroxylation is 2. The zero-order chi connectivity index (χ0) is 13.3. The summed E-state index contributed by atoms with van der Waals surface area (Å²) in [6.45, 7) is 1.93. The van der Waals surface area contributed by atoms with Crippen LogP contribution >= 0.6 is 0 Å². The van der Waals surface area contributed by atoms with Gasteiger partial charge < -0.3 is 11.1 Å². The van der Waals surface area contributed by atoms with Gasteiger partial charge in [0.05, 0.1) is 11.4 Å². The molecule has 0 spiro atoms. The standard InChI is InChI=1S/C12H14F2N4/c1-3-10-11(15)12(18(2)17-10)16-9-5-7(13)4-8(14)6-9/h4-6,16H,3,15H2,1-2H3. The van der Waals surface area contributed by atoms with Gasteiger partial charge in [-0.25, -0.2) is 8.78 Å². The molecule has 96 valence electrons. The van der Waals surface area contributed by atoms with Crippen LogP contribution in [0.3, 0.4) is 0 Å². The van der Waals surface area contributed by atoms with Gasteiger partial charge >= 0.3 is 0 Å². The van der Waals surface area contributed by atoms with Crippen LogP contribution in [0.5, 0.6) is 0 Å². The maximum Gasteiger partial charge on any atom is 0.152 e. The molecular formula is C12H14F2N4. The molecule has 0 amide bonds. The lowest BCUT2D eigenvalue weighted by Crippen LogP contribution is -2.02. The van der Waals surface area contributed by atoms with E-state index in [1.54, 1.807) is 11.7 Å². The van der Waals surface area contributed by atoms with E-state index in [1.165, 1.54) is 12.1 Å². The first kappa shape index (κ1) is 12.3. The average Bonchev–Trinajstić information content (AvgIpc) is 2.55. The number of nitrogen functional groups attached to an aromatic ring is 1. The largest absolute Gasteiger partial charge is 0.394 e. The van der Waals surface area contributed by atoms with E-state index >= 15 is 0 Å². The van der Waals surface area contributed by atoms with Crippen LogP contribution in [0, 0.1) is 11.6 Å². The summed E-state index contributed by atoms with van der Waals surface area (Å²) in [7, 11) is 1.72. The Kier molecular flexibility index (Phi) is 3.18. The fourth-order valence-electron chi connectivity index (χ4n) is 1.77. The van der Waals surface area contributed by atoms with Crippen molar-refractivity contribution in [3.8, 4) is 0 Å². The Hall–Kier alpha value is -2.11. The van der Waals surface area contributed by atoms with Crippen LogP contribution in [0.4, 0.5) is 26.0 Å². The molecule has 0 aliphatic heterocycles. The molecule has 0 radical (unpaired) electrons. The Balaban J connectivity index is 2.36. The Morgan fingerprint density at radius 1 is 1.28 bits per heavy atom. The number of nitrogens with one attached hydrogen (secondary N) is 1.